The number of halogens is 2. The summed E-state index contributed by atoms with van der Waals surface area (Å²) < 4.78 is 13.6. The molecule has 1 rings (SSSR count). The van der Waals surface area contributed by atoms with Crippen molar-refractivity contribution in [2.45, 2.75) is 12.2 Å². The van der Waals surface area contributed by atoms with E-state index in [1.165, 1.54) is 6.07 Å². The third-order valence-electron chi connectivity index (χ3n) is 2.07. The minimum atomic E-state index is -0.302. The van der Waals surface area contributed by atoms with Crippen molar-refractivity contribution in [1.29, 1.82) is 0 Å². The lowest BCUT2D eigenvalue weighted by atomic mass is 10.2. The Morgan fingerprint density at radius 1 is 1.60 bits per heavy atom. The molecular weight excluding hydrogens is 279 g/mol. The predicted molar refractivity (Wildman–Crippen MR) is 70.0 cm³/mol. The van der Waals surface area contributed by atoms with E-state index >= 15 is 0 Å². The lowest BCUT2D eigenvalue weighted by molar-refractivity contribution is 0.622. The zero-order valence-corrected chi connectivity index (χ0v) is 11.1. The van der Waals surface area contributed by atoms with E-state index in [2.05, 4.69) is 28.2 Å². The van der Waals surface area contributed by atoms with Crippen LogP contribution in [0.1, 0.15) is 6.92 Å². The van der Waals surface area contributed by atoms with Crippen molar-refractivity contribution in [3.63, 3.8) is 0 Å². The van der Waals surface area contributed by atoms with Gasteiger partial charge in [0.1, 0.15) is 5.82 Å². The molecule has 1 atom stereocenters. The third-order valence-corrected chi connectivity index (χ3v) is 3.65. The van der Waals surface area contributed by atoms with E-state index in [1.54, 1.807) is 17.8 Å². The van der Waals surface area contributed by atoms with Crippen LogP contribution in [0.4, 0.5) is 15.8 Å². The average Bonchev–Trinajstić information content (AvgIpc) is 2.21. The fraction of sp³-hybridized carbons (Fsp3) is 0.400. The van der Waals surface area contributed by atoms with Crippen LogP contribution < -0.4 is 11.1 Å². The number of hydrogen-bond acceptors (Lipinski definition) is 3. The molecule has 0 aromatic heterocycles. The van der Waals surface area contributed by atoms with Gasteiger partial charge in [0, 0.05) is 17.9 Å². The van der Waals surface area contributed by atoms with E-state index in [4.69, 9.17) is 5.73 Å². The van der Waals surface area contributed by atoms with E-state index in [0.29, 0.717) is 21.1 Å². The van der Waals surface area contributed by atoms with Crippen LogP contribution in [0, 0.1) is 5.82 Å². The minimum Gasteiger partial charge on any atom is -0.397 e. The average molecular weight is 293 g/mol. The number of benzene rings is 1. The van der Waals surface area contributed by atoms with Crippen molar-refractivity contribution in [3.05, 3.63) is 22.4 Å². The Labute approximate surface area is 102 Å². The first-order valence-electron chi connectivity index (χ1n) is 4.55. The molecule has 5 heteroatoms. The van der Waals surface area contributed by atoms with Gasteiger partial charge in [0.15, 0.2) is 0 Å². The number of nitrogens with two attached hydrogens (primary N) is 1. The molecule has 0 aliphatic carbocycles. The quantitative estimate of drug-likeness (QED) is 0.836. The van der Waals surface area contributed by atoms with Gasteiger partial charge in [0.05, 0.1) is 15.8 Å². The standard InChI is InChI=1S/C10H14BrFN2S/c1-6(15-2)5-14-10-4-8(12)7(11)3-9(10)13/h3-4,6,14H,5,13H2,1-2H3. The van der Waals surface area contributed by atoms with Gasteiger partial charge in [-0.1, -0.05) is 6.92 Å². The lowest BCUT2D eigenvalue weighted by Crippen LogP contribution is -2.13. The number of rotatable bonds is 4. The van der Waals surface area contributed by atoms with Crippen LogP contribution in [-0.4, -0.2) is 18.1 Å². The predicted octanol–water partition coefficient (Wildman–Crippen LogP) is 3.33. The van der Waals surface area contributed by atoms with Crippen molar-refractivity contribution in [1.82, 2.24) is 0 Å². The second-order valence-electron chi connectivity index (χ2n) is 3.28. The summed E-state index contributed by atoms with van der Waals surface area (Å²) in [6.45, 7) is 2.87. The Morgan fingerprint density at radius 3 is 2.87 bits per heavy atom. The summed E-state index contributed by atoms with van der Waals surface area (Å²) >= 11 is 4.84. The molecule has 0 radical (unpaired) electrons. The van der Waals surface area contributed by atoms with Gasteiger partial charge >= 0.3 is 0 Å². The number of thioether (sulfide) groups is 1. The molecule has 0 saturated heterocycles. The van der Waals surface area contributed by atoms with Crippen LogP contribution in [0.15, 0.2) is 16.6 Å². The highest BCUT2D eigenvalue weighted by atomic mass is 79.9. The molecule has 0 saturated carbocycles. The van der Waals surface area contributed by atoms with E-state index in [-0.39, 0.29) is 5.82 Å². The maximum absolute atomic E-state index is 13.2. The first-order chi connectivity index (χ1) is 7.04. The number of anilines is 2. The molecule has 0 aliphatic heterocycles. The molecule has 0 fully saturated rings. The van der Waals surface area contributed by atoms with Crippen molar-refractivity contribution < 1.29 is 4.39 Å². The van der Waals surface area contributed by atoms with E-state index in [1.807, 2.05) is 6.26 Å². The highest BCUT2D eigenvalue weighted by Crippen LogP contribution is 2.26. The van der Waals surface area contributed by atoms with Gasteiger partial charge in [0.2, 0.25) is 0 Å². The van der Waals surface area contributed by atoms with E-state index in [0.717, 1.165) is 6.54 Å². The second-order valence-corrected chi connectivity index (χ2v) is 5.41. The molecular formula is C10H14BrFN2S. The Morgan fingerprint density at radius 2 is 2.27 bits per heavy atom. The van der Waals surface area contributed by atoms with Crippen LogP contribution in [0.5, 0.6) is 0 Å². The fourth-order valence-electron chi connectivity index (χ4n) is 1.05. The number of nitrogen functional groups attached to an aromatic ring is 1. The van der Waals surface area contributed by atoms with Crippen LogP contribution in [0.3, 0.4) is 0 Å². The Balaban J connectivity index is 2.73. The Bertz CT molecular complexity index is 346. The first kappa shape index (κ1) is 12.6. The SMILES string of the molecule is CSC(C)CNc1cc(F)c(Br)cc1N. The zero-order chi connectivity index (χ0) is 11.4. The zero-order valence-electron chi connectivity index (χ0n) is 8.68. The van der Waals surface area contributed by atoms with Crippen LogP contribution in [0.25, 0.3) is 0 Å². The van der Waals surface area contributed by atoms with E-state index in [9.17, 15) is 4.39 Å². The molecule has 1 aromatic carbocycles. The van der Waals surface area contributed by atoms with Crippen molar-refractivity contribution >= 4 is 39.1 Å². The lowest BCUT2D eigenvalue weighted by Gasteiger charge is -2.13. The molecule has 1 aromatic rings. The number of nitrogens with one attached hydrogen (secondary N) is 1. The summed E-state index contributed by atoms with van der Waals surface area (Å²) in [6.07, 6.45) is 2.04. The van der Waals surface area contributed by atoms with Gasteiger partial charge in [-0.3, -0.25) is 0 Å². The molecule has 0 bridgehead atoms. The molecule has 15 heavy (non-hydrogen) atoms. The van der Waals surface area contributed by atoms with Crippen molar-refractivity contribution in [2.75, 3.05) is 23.9 Å². The van der Waals surface area contributed by atoms with Gasteiger partial charge in [-0.05, 0) is 28.3 Å². The summed E-state index contributed by atoms with van der Waals surface area (Å²) in [5, 5.41) is 3.59. The summed E-state index contributed by atoms with van der Waals surface area (Å²) in [7, 11) is 0. The van der Waals surface area contributed by atoms with Gasteiger partial charge in [-0.25, -0.2) is 4.39 Å². The summed E-state index contributed by atoms with van der Waals surface area (Å²) in [5.74, 6) is -0.302. The first-order valence-corrected chi connectivity index (χ1v) is 6.64. The number of hydrogen-bond donors (Lipinski definition) is 2. The maximum Gasteiger partial charge on any atom is 0.139 e. The second kappa shape index (κ2) is 5.61. The topological polar surface area (TPSA) is 38.0 Å². The summed E-state index contributed by atoms with van der Waals surface area (Å²) in [4.78, 5) is 0. The Kier molecular flexibility index (Phi) is 4.73. The summed E-state index contributed by atoms with van der Waals surface area (Å²) in [5.41, 5.74) is 6.95. The normalized spacial score (nSPS) is 12.5. The summed E-state index contributed by atoms with van der Waals surface area (Å²) in [6, 6.07) is 2.98. The molecule has 84 valence electrons. The van der Waals surface area contributed by atoms with Crippen molar-refractivity contribution in [3.8, 4) is 0 Å². The van der Waals surface area contributed by atoms with Crippen molar-refractivity contribution in [2.24, 2.45) is 0 Å². The molecule has 0 spiro atoms. The molecule has 1 unspecified atom stereocenters. The molecule has 0 heterocycles. The van der Waals surface area contributed by atoms with Gasteiger partial charge in [-0.2, -0.15) is 11.8 Å². The third kappa shape index (κ3) is 3.57. The molecule has 0 aliphatic rings. The van der Waals surface area contributed by atoms with Gasteiger partial charge in [0.25, 0.3) is 0 Å². The van der Waals surface area contributed by atoms with E-state index < -0.39 is 0 Å². The largest absolute Gasteiger partial charge is 0.397 e. The van der Waals surface area contributed by atoms with Crippen LogP contribution in [-0.2, 0) is 0 Å². The molecule has 0 amide bonds. The monoisotopic (exact) mass is 292 g/mol. The van der Waals surface area contributed by atoms with Gasteiger partial charge in [-0.15, -0.1) is 0 Å². The van der Waals surface area contributed by atoms with Crippen LogP contribution in [0.2, 0.25) is 0 Å². The molecule has 3 N–H and O–H groups in total. The van der Waals surface area contributed by atoms with Crippen LogP contribution >= 0.6 is 27.7 Å². The highest BCUT2D eigenvalue weighted by molar-refractivity contribution is 9.10. The smallest absolute Gasteiger partial charge is 0.139 e. The Hall–Kier alpha value is -0.420. The minimum absolute atomic E-state index is 0.302. The highest BCUT2D eigenvalue weighted by Gasteiger charge is 2.06. The van der Waals surface area contributed by atoms with Gasteiger partial charge < -0.3 is 11.1 Å². The maximum atomic E-state index is 13.2. The fourth-order valence-corrected chi connectivity index (χ4v) is 1.66. The molecule has 2 nitrogen and oxygen atoms in total.